The summed E-state index contributed by atoms with van der Waals surface area (Å²) in [5, 5.41) is 21.1. The summed E-state index contributed by atoms with van der Waals surface area (Å²) in [6, 6.07) is 3.97. The molecule has 7 heteroatoms. The van der Waals surface area contributed by atoms with Crippen molar-refractivity contribution >= 4 is 35.2 Å². The second-order valence-corrected chi connectivity index (χ2v) is 4.66. The van der Waals surface area contributed by atoms with Gasteiger partial charge in [-0.3, -0.25) is 19.8 Å². The average molecular weight is 304 g/mol. The van der Waals surface area contributed by atoms with Gasteiger partial charge < -0.3 is 10.2 Å². The molecule has 2 rings (SSSR count). The third-order valence-corrected chi connectivity index (χ3v) is 3.13. The molecule has 0 bridgehead atoms. The topological polar surface area (TPSA) is 89.9 Å². The van der Waals surface area contributed by atoms with Gasteiger partial charge in [0.2, 0.25) is 0 Å². The van der Waals surface area contributed by atoms with Crippen LogP contribution in [0.5, 0.6) is 11.5 Å². The number of phenols is 2. The highest BCUT2D eigenvalue weighted by Crippen LogP contribution is 2.26. The van der Waals surface area contributed by atoms with Crippen LogP contribution in [0.25, 0.3) is 6.08 Å². The van der Waals surface area contributed by atoms with Gasteiger partial charge in [-0.05, 0) is 36.0 Å². The number of nitrogens with one attached hydrogen (secondary N) is 1. The predicted molar refractivity (Wildman–Crippen MR) is 80.4 cm³/mol. The van der Waals surface area contributed by atoms with E-state index in [2.05, 4.69) is 11.9 Å². The Morgan fingerprint density at radius 1 is 1.29 bits per heavy atom. The third-order valence-electron chi connectivity index (χ3n) is 2.81. The van der Waals surface area contributed by atoms with E-state index in [1.165, 1.54) is 35.3 Å². The highest BCUT2D eigenvalue weighted by atomic mass is 32.1. The Morgan fingerprint density at radius 3 is 2.62 bits per heavy atom. The van der Waals surface area contributed by atoms with E-state index in [1.54, 1.807) is 0 Å². The summed E-state index contributed by atoms with van der Waals surface area (Å²) in [6.45, 7) is 3.70. The van der Waals surface area contributed by atoms with Crippen LogP contribution in [-0.4, -0.2) is 38.6 Å². The number of aromatic hydroxyl groups is 2. The van der Waals surface area contributed by atoms with Crippen molar-refractivity contribution in [3.8, 4) is 11.5 Å². The molecule has 0 atom stereocenters. The van der Waals surface area contributed by atoms with Gasteiger partial charge in [0.15, 0.2) is 16.6 Å². The van der Waals surface area contributed by atoms with E-state index in [0.717, 1.165) is 0 Å². The lowest BCUT2D eigenvalue weighted by Crippen LogP contribution is -2.53. The number of phenolic OH excluding ortho intramolecular Hbond substituents is 2. The summed E-state index contributed by atoms with van der Waals surface area (Å²) in [4.78, 5) is 25.3. The van der Waals surface area contributed by atoms with Crippen molar-refractivity contribution < 1.29 is 19.8 Å². The minimum atomic E-state index is -0.613. The Labute approximate surface area is 126 Å². The van der Waals surface area contributed by atoms with Crippen molar-refractivity contribution in [2.75, 3.05) is 6.54 Å². The molecular formula is C14H12N2O4S. The molecule has 1 aliphatic heterocycles. The number of carbonyl (C=O) groups excluding carboxylic acids is 2. The fourth-order valence-electron chi connectivity index (χ4n) is 1.79. The van der Waals surface area contributed by atoms with Crippen LogP contribution < -0.4 is 5.32 Å². The molecule has 21 heavy (non-hydrogen) atoms. The van der Waals surface area contributed by atoms with Gasteiger partial charge in [0.25, 0.3) is 11.8 Å². The largest absolute Gasteiger partial charge is 0.504 e. The molecule has 1 aromatic carbocycles. The van der Waals surface area contributed by atoms with E-state index in [4.69, 9.17) is 12.2 Å². The fraction of sp³-hybridized carbons (Fsp3) is 0.0714. The molecule has 1 aliphatic rings. The van der Waals surface area contributed by atoms with E-state index in [-0.39, 0.29) is 28.7 Å². The zero-order valence-electron chi connectivity index (χ0n) is 10.9. The van der Waals surface area contributed by atoms with Crippen LogP contribution in [-0.2, 0) is 9.59 Å². The number of hydrogen-bond acceptors (Lipinski definition) is 5. The Bertz CT molecular complexity index is 682. The van der Waals surface area contributed by atoms with Gasteiger partial charge in [-0.1, -0.05) is 12.1 Å². The van der Waals surface area contributed by atoms with Crippen molar-refractivity contribution in [1.82, 2.24) is 10.2 Å². The molecule has 108 valence electrons. The standard InChI is InChI=1S/C14H12N2O4S/c1-2-5-16-13(20)9(12(19)15-14(16)21)6-8-3-4-10(17)11(18)7-8/h2-4,6-7,17-18H,1,5H2,(H,15,19,21)/b9-6+. The summed E-state index contributed by atoms with van der Waals surface area (Å²) in [7, 11) is 0. The molecule has 0 aliphatic carbocycles. The summed E-state index contributed by atoms with van der Waals surface area (Å²) in [6.07, 6.45) is 2.81. The van der Waals surface area contributed by atoms with E-state index in [0.29, 0.717) is 5.56 Å². The minimum Gasteiger partial charge on any atom is -0.504 e. The molecule has 0 radical (unpaired) electrons. The van der Waals surface area contributed by atoms with Crippen molar-refractivity contribution in [2.45, 2.75) is 0 Å². The second-order valence-electron chi connectivity index (χ2n) is 4.27. The monoisotopic (exact) mass is 304 g/mol. The van der Waals surface area contributed by atoms with Gasteiger partial charge in [0.1, 0.15) is 5.57 Å². The van der Waals surface area contributed by atoms with Gasteiger partial charge in [-0.2, -0.15) is 0 Å². The summed E-state index contributed by atoms with van der Waals surface area (Å²) >= 11 is 4.93. The van der Waals surface area contributed by atoms with Crippen LogP contribution in [0, 0.1) is 0 Å². The Morgan fingerprint density at radius 2 is 2.00 bits per heavy atom. The van der Waals surface area contributed by atoms with Gasteiger partial charge in [0, 0.05) is 6.54 Å². The normalized spacial score (nSPS) is 17.0. The molecule has 1 fully saturated rings. The number of amides is 2. The van der Waals surface area contributed by atoms with Gasteiger partial charge in [0.05, 0.1) is 0 Å². The van der Waals surface area contributed by atoms with E-state index in [9.17, 15) is 19.8 Å². The second kappa shape index (κ2) is 5.76. The van der Waals surface area contributed by atoms with Crippen LogP contribution >= 0.6 is 12.2 Å². The van der Waals surface area contributed by atoms with E-state index >= 15 is 0 Å². The molecule has 2 amide bonds. The number of carbonyl (C=O) groups is 2. The molecule has 0 aromatic heterocycles. The lowest BCUT2D eigenvalue weighted by molar-refractivity contribution is -0.128. The molecule has 1 aromatic rings. The summed E-state index contributed by atoms with van der Waals surface area (Å²) in [5.41, 5.74) is 0.283. The third kappa shape index (κ3) is 2.92. The molecule has 0 spiro atoms. The predicted octanol–water partition coefficient (Wildman–Crippen LogP) is 0.910. The molecule has 6 nitrogen and oxygen atoms in total. The fourth-order valence-corrected chi connectivity index (χ4v) is 2.04. The Hall–Kier alpha value is -2.67. The minimum absolute atomic E-state index is 0.0237. The Kier molecular flexibility index (Phi) is 4.04. The molecule has 0 unspecified atom stereocenters. The van der Waals surface area contributed by atoms with Crippen molar-refractivity contribution in [2.24, 2.45) is 0 Å². The van der Waals surface area contributed by atoms with Gasteiger partial charge >= 0.3 is 0 Å². The smallest absolute Gasteiger partial charge is 0.265 e. The number of nitrogens with zero attached hydrogens (tertiary/aromatic N) is 1. The highest BCUT2D eigenvalue weighted by Gasteiger charge is 2.32. The highest BCUT2D eigenvalue weighted by molar-refractivity contribution is 7.80. The number of thiocarbonyl (C=S) groups is 1. The lowest BCUT2D eigenvalue weighted by atomic mass is 10.1. The van der Waals surface area contributed by atoms with Crippen molar-refractivity contribution in [3.05, 3.63) is 42.0 Å². The first-order valence-electron chi connectivity index (χ1n) is 5.95. The summed E-state index contributed by atoms with van der Waals surface area (Å²) < 4.78 is 0. The number of rotatable bonds is 3. The van der Waals surface area contributed by atoms with Gasteiger partial charge in [-0.15, -0.1) is 6.58 Å². The first-order chi connectivity index (χ1) is 9.93. The van der Waals surface area contributed by atoms with Crippen molar-refractivity contribution in [1.29, 1.82) is 0 Å². The van der Waals surface area contributed by atoms with Crippen LogP contribution in [0.15, 0.2) is 36.4 Å². The molecular weight excluding hydrogens is 292 g/mol. The van der Waals surface area contributed by atoms with Crippen LogP contribution in [0.3, 0.4) is 0 Å². The first kappa shape index (κ1) is 14.7. The van der Waals surface area contributed by atoms with E-state index in [1.807, 2.05) is 0 Å². The van der Waals surface area contributed by atoms with Gasteiger partial charge in [-0.25, -0.2) is 0 Å². The summed E-state index contributed by atoms with van der Waals surface area (Å²) in [5.74, 6) is -1.79. The molecule has 1 heterocycles. The van der Waals surface area contributed by atoms with Crippen LogP contribution in [0.1, 0.15) is 5.56 Å². The zero-order valence-corrected chi connectivity index (χ0v) is 11.7. The first-order valence-corrected chi connectivity index (χ1v) is 6.36. The average Bonchev–Trinajstić information content (AvgIpc) is 2.43. The zero-order chi connectivity index (χ0) is 15.6. The van der Waals surface area contributed by atoms with Crippen LogP contribution in [0.4, 0.5) is 0 Å². The van der Waals surface area contributed by atoms with E-state index < -0.39 is 11.8 Å². The lowest BCUT2D eigenvalue weighted by Gasteiger charge is -2.27. The maximum Gasteiger partial charge on any atom is 0.265 e. The SMILES string of the molecule is C=CCN1C(=O)/C(=C/c2ccc(O)c(O)c2)C(=O)NC1=S. The number of hydrogen-bond donors (Lipinski definition) is 3. The number of benzene rings is 1. The maximum atomic E-state index is 12.2. The maximum absolute atomic E-state index is 12.2. The molecule has 3 N–H and O–H groups in total. The van der Waals surface area contributed by atoms with Crippen LogP contribution in [0.2, 0.25) is 0 Å². The van der Waals surface area contributed by atoms with Crippen molar-refractivity contribution in [3.63, 3.8) is 0 Å². The quantitative estimate of drug-likeness (QED) is 0.254. The molecule has 0 saturated carbocycles. The Balaban J connectivity index is 2.40. The molecule has 1 saturated heterocycles.